The maximum Gasteiger partial charge on any atom is 0.433 e. The lowest BCUT2D eigenvalue weighted by atomic mass is 10.1. The summed E-state index contributed by atoms with van der Waals surface area (Å²) in [4.78, 5) is 3.61. The van der Waals surface area contributed by atoms with Gasteiger partial charge in [-0.3, -0.25) is 5.84 Å². The summed E-state index contributed by atoms with van der Waals surface area (Å²) in [6.45, 7) is 1.97. The van der Waals surface area contributed by atoms with Gasteiger partial charge in [-0.1, -0.05) is 13.0 Å². The van der Waals surface area contributed by atoms with E-state index in [1.807, 2.05) is 6.92 Å². The maximum atomic E-state index is 12.6. The van der Waals surface area contributed by atoms with Crippen LogP contribution in [0.25, 0.3) is 10.9 Å². The third-order valence-corrected chi connectivity index (χ3v) is 2.73. The predicted octanol–water partition coefficient (Wildman–Crippen LogP) is 3.10. The third-order valence-electron chi connectivity index (χ3n) is 2.73. The van der Waals surface area contributed by atoms with Crippen LogP contribution in [0.15, 0.2) is 24.3 Å². The molecule has 2 rings (SSSR count). The van der Waals surface area contributed by atoms with Crippen molar-refractivity contribution in [2.45, 2.75) is 19.5 Å². The van der Waals surface area contributed by atoms with Gasteiger partial charge in [-0.25, -0.2) is 4.98 Å². The van der Waals surface area contributed by atoms with Crippen LogP contribution in [0, 0.1) is 0 Å². The average Bonchev–Trinajstić information content (AvgIpc) is 2.35. The van der Waals surface area contributed by atoms with Crippen LogP contribution in [-0.2, 0) is 12.6 Å². The Balaban J connectivity index is 2.71. The van der Waals surface area contributed by atoms with Crippen LogP contribution >= 0.6 is 0 Å². The quantitative estimate of drug-likeness (QED) is 0.640. The first-order valence-corrected chi connectivity index (χ1v) is 5.43. The largest absolute Gasteiger partial charge is 0.433 e. The Morgan fingerprint density at radius 3 is 2.56 bits per heavy atom. The molecule has 2 aromatic rings. The SMILES string of the molecule is CCc1ccc2nc(C(F)(F)F)cc(NN)c2c1. The van der Waals surface area contributed by atoms with Crippen LogP contribution in [-0.4, -0.2) is 4.98 Å². The molecule has 0 saturated heterocycles. The molecule has 96 valence electrons. The molecule has 0 bridgehead atoms. The van der Waals surface area contributed by atoms with E-state index >= 15 is 0 Å². The molecule has 0 saturated carbocycles. The summed E-state index contributed by atoms with van der Waals surface area (Å²) in [6, 6.07) is 6.04. The number of nitrogens with one attached hydrogen (secondary N) is 1. The van der Waals surface area contributed by atoms with Gasteiger partial charge >= 0.3 is 6.18 Å². The van der Waals surface area contributed by atoms with E-state index in [1.165, 1.54) is 0 Å². The molecule has 1 aromatic heterocycles. The highest BCUT2D eigenvalue weighted by Crippen LogP contribution is 2.33. The fourth-order valence-corrected chi connectivity index (χ4v) is 1.76. The second kappa shape index (κ2) is 4.45. The van der Waals surface area contributed by atoms with Gasteiger partial charge in [-0.2, -0.15) is 13.2 Å². The number of hydrazine groups is 1. The van der Waals surface area contributed by atoms with E-state index in [-0.39, 0.29) is 11.2 Å². The number of hydrogen-bond donors (Lipinski definition) is 2. The van der Waals surface area contributed by atoms with Gasteiger partial charge in [-0.05, 0) is 30.2 Å². The van der Waals surface area contributed by atoms with Gasteiger partial charge in [0.05, 0.1) is 11.2 Å². The molecule has 0 amide bonds. The Bertz CT molecular complexity index is 579. The topological polar surface area (TPSA) is 50.9 Å². The van der Waals surface area contributed by atoms with Gasteiger partial charge in [0.1, 0.15) is 5.69 Å². The lowest BCUT2D eigenvalue weighted by molar-refractivity contribution is -0.140. The number of alkyl halides is 3. The number of nitrogens with two attached hydrogens (primary N) is 1. The van der Waals surface area contributed by atoms with E-state index in [2.05, 4.69) is 10.4 Å². The summed E-state index contributed by atoms with van der Waals surface area (Å²) in [5.41, 5.74) is 2.85. The number of rotatable bonds is 2. The zero-order valence-electron chi connectivity index (χ0n) is 9.67. The number of pyridine rings is 1. The number of fused-ring (bicyclic) bond motifs is 1. The van der Waals surface area contributed by atoms with Crippen LogP contribution in [0.1, 0.15) is 18.2 Å². The molecule has 0 radical (unpaired) electrons. The van der Waals surface area contributed by atoms with Crippen LogP contribution in [0.2, 0.25) is 0 Å². The monoisotopic (exact) mass is 255 g/mol. The Morgan fingerprint density at radius 2 is 2.00 bits per heavy atom. The molecule has 3 N–H and O–H groups in total. The van der Waals surface area contributed by atoms with Crippen molar-refractivity contribution in [1.82, 2.24) is 4.98 Å². The smallest absolute Gasteiger partial charge is 0.323 e. The Hall–Kier alpha value is -1.82. The molecule has 0 aliphatic carbocycles. The summed E-state index contributed by atoms with van der Waals surface area (Å²) in [6.07, 6.45) is -3.69. The lowest BCUT2D eigenvalue weighted by Crippen LogP contribution is -2.12. The first kappa shape index (κ1) is 12.6. The normalized spacial score (nSPS) is 11.8. The van der Waals surface area contributed by atoms with Gasteiger partial charge < -0.3 is 5.43 Å². The van der Waals surface area contributed by atoms with Crippen molar-refractivity contribution in [3.05, 3.63) is 35.5 Å². The van der Waals surface area contributed by atoms with E-state index in [1.54, 1.807) is 18.2 Å². The van der Waals surface area contributed by atoms with E-state index in [4.69, 9.17) is 5.84 Å². The number of hydrogen-bond acceptors (Lipinski definition) is 3. The number of halogens is 3. The number of aryl methyl sites for hydroxylation is 1. The van der Waals surface area contributed by atoms with Gasteiger partial charge in [-0.15, -0.1) is 0 Å². The fraction of sp³-hybridized carbons (Fsp3) is 0.250. The fourth-order valence-electron chi connectivity index (χ4n) is 1.76. The Morgan fingerprint density at radius 1 is 1.28 bits per heavy atom. The van der Waals surface area contributed by atoms with E-state index in [0.29, 0.717) is 5.39 Å². The van der Waals surface area contributed by atoms with Crippen molar-refractivity contribution < 1.29 is 13.2 Å². The van der Waals surface area contributed by atoms with Gasteiger partial charge in [0, 0.05) is 5.39 Å². The van der Waals surface area contributed by atoms with Gasteiger partial charge in [0.25, 0.3) is 0 Å². The van der Waals surface area contributed by atoms with E-state index < -0.39 is 11.9 Å². The highest BCUT2D eigenvalue weighted by Gasteiger charge is 2.33. The van der Waals surface area contributed by atoms with Crippen molar-refractivity contribution in [3.8, 4) is 0 Å². The zero-order valence-corrected chi connectivity index (χ0v) is 9.67. The predicted molar refractivity (Wildman–Crippen MR) is 63.9 cm³/mol. The second-order valence-corrected chi connectivity index (χ2v) is 3.90. The minimum atomic E-state index is -4.48. The maximum absolute atomic E-state index is 12.6. The first-order chi connectivity index (χ1) is 8.45. The zero-order chi connectivity index (χ0) is 13.3. The molecule has 0 unspecified atom stereocenters. The third kappa shape index (κ3) is 2.24. The van der Waals surface area contributed by atoms with Crippen molar-refractivity contribution in [3.63, 3.8) is 0 Å². The van der Waals surface area contributed by atoms with Crippen molar-refractivity contribution >= 4 is 16.6 Å². The molecular weight excluding hydrogens is 243 g/mol. The van der Waals surface area contributed by atoms with Crippen LogP contribution in [0.5, 0.6) is 0 Å². The molecule has 0 aliphatic heterocycles. The van der Waals surface area contributed by atoms with Crippen molar-refractivity contribution in [1.29, 1.82) is 0 Å². The first-order valence-electron chi connectivity index (χ1n) is 5.43. The summed E-state index contributed by atoms with van der Waals surface area (Å²) in [7, 11) is 0. The lowest BCUT2D eigenvalue weighted by Gasteiger charge is -2.12. The number of aromatic nitrogens is 1. The number of benzene rings is 1. The van der Waals surface area contributed by atoms with Crippen molar-refractivity contribution in [2.24, 2.45) is 5.84 Å². The number of anilines is 1. The van der Waals surface area contributed by atoms with Gasteiger partial charge in [0.2, 0.25) is 0 Å². The van der Waals surface area contributed by atoms with Crippen LogP contribution in [0.3, 0.4) is 0 Å². The van der Waals surface area contributed by atoms with E-state index in [9.17, 15) is 13.2 Å². The Kier molecular flexibility index (Phi) is 3.13. The molecule has 0 atom stereocenters. The Labute approximate surface area is 102 Å². The molecule has 0 aliphatic rings. The minimum absolute atomic E-state index is 0.225. The number of nitrogens with zero attached hydrogens (tertiary/aromatic N) is 1. The summed E-state index contributed by atoms with van der Waals surface area (Å²) >= 11 is 0. The van der Waals surface area contributed by atoms with Crippen LogP contribution < -0.4 is 11.3 Å². The number of nitrogen functional groups attached to an aromatic ring is 1. The molecular formula is C12H12F3N3. The average molecular weight is 255 g/mol. The standard InChI is InChI=1S/C12H12F3N3/c1-2-7-3-4-9-8(5-7)10(18-16)6-11(17-9)12(13,14)15/h3-6H,2,16H2,1H3,(H,17,18). The summed E-state index contributed by atoms with van der Waals surface area (Å²) < 4.78 is 37.9. The molecule has 6 heteroatoms. The van der Waals surface area contributed by atoms with Crippen molar-refractivity contribution in [2.75, 3.05) is 5.43 Å². The molecule has 0 fully saturated rings. The van der Waals surface area contributed by atoms with E-state index in [0.717, 1.165) is 18.1 Å². The highest BCUT2D eigenvalue weighted by molar-refractivity contribution is 5.91. The van der Waals surface area contributed by atoms with Crippen LogP contribution in [0.4, 0.5) is 18.9 Å². The molecule has 18 heavy (non-hydrogen) atoms. The van der Waals surface area contributed by atoms with Gasteiger partial charge in [0.15, 0.2) is 0 Å². The molecule has 1 heterocycles. The molecule has 3 nitrogen and oxygen atoms in total. The molecule has 0 spiro atoms. The summed E-state index contributed by atoms with van der Waals surface area (Å²) in [5.74, 6) is 5.27. The minimum Gasteiger partial charge on any atom is -0.323 e. The molecule has 1 aromatic carbocycles. The second-order valence-electron chi connectivity index (χ2n) is 3.90. The highest BCUT2D eigenvalue weighted by atomic mass is 19.4. The summed E-state index contributed by atoms with van der Waals surface area (Å²) in [5, 5.41) is 0.588.